The topological polar surface area (TPSA) is 66.5 Å². The zero-order valence-electron chi connectivity index (χ0n) is 13.7. The standard InChI is InChI=1S/C17H24N2O3S/c1-19(9-10-23(2,21)22)16(20)18-12-14-11-17(14)8-7-13-5-3-4-6-15(13)17/h3-6,14H,7-12H2,1-2H3,(H,18,20). The summed E-state index contributed by atoms with van der Waals surface area (Å²) >= 11 is 0. The average molecular weight is 336 g/mol. The molecule has 0 aliphatic heterocycles. The fourth-order valence-corrected chi connectivity index (χ4v) is 4.36. The van der Waals surface area contributed by atoms with E-state index in [1.54, 1.807) is 7.05 Å². The van der Waals surface area contributed by atoms with Crippen LogP contribution in [0.15, 0.2) is 24.3 Å². The molecule has 1 fully saturated rings. The van der Waals surface area contributed by atoms with E-state index >= 15 is 0 Å². The first-order valence-electron chi connectivity index (χ1n) is 8.07. The van der Waals surface area contributed by atoms with Crippen LogP contribution in [-0.2, 0) is 21.7 Å². The smallest absolute Gasteiger partial charge is 0.317 e. The molecule has 2 atom stereocenters. The van der Waals surface area contributed by atoms with Crippen molar-refractivity contribution in [2.75, 3.05) is 32.1 Å². The van der Waals surface area contributed by atoms with Crippen LogP contribution in [-0.4, -0.2) is 51.5 Å². The fourth-order valence-electron chi connectivity index (χ4n) is 3.75. The SMILES string of the molecule is CN(CCS(C)(=O)=O)C(=O)NCC1CC12CCc1ccccc12. The molecule has 1 aromatic rings. The minimum Gasteiger partial charge on any atom is -0.338 e. The third-order valence-corrected chi connectivity index (χ3v) is 6.19. The highest BCUT2D eigenvalue weighted by molar-refractivity contribution is 7.90. The number of urea groups is 1. The molecule has 0 saturated heterocycles. The molecule has 126 valence electrons. The van der Waals surface area contributed by atoms with Crippen molar-refractivity contribution in [3.63, 3.8) is 0 Å². The fraction of sp³-hybridized carbons (Fsp3) is 0.588. The maximum Gasteiger partial charge on any atom is 0.317 e. The molecule has 6 heteroatoms. The van der Waals surface area contributed by atoms with Gasteiger partial charge in [0.1, 0.15) is 9.84 Å². The normalized spacial score (nSPS) is 25.2. The Labute approximate surface area is 138 Å². The molecule has 5 nitrogen and oxygen atoms in total. The van der Waals surface area contributed by atoms with Crippen molar-refractivity contribution in [1.82, 2.24) is 10.2 Å². The van der Waals surface area contributed by atoms with Gasteiger partial charge in [-0.3, -0.25) is 0 Å². The molecule has 1 spiro atoms. The van der Waals surface area contributed by atoms with Crippen LogP contribution in [0.25, 0.3) is 0 Å². The number of aryl methyl sites for hydroxylation is 1. The van der Waals surface area contributed by atoms with E-state index in [4.69, 9.17) is 0 Å². The Balaban J connectivity index is 1.50. The summed E-state index contributed by atoms with van der Waals surface area (Å²) < 4.78 is 22.3. The van der Waals surface area contributed by atoms with E-state index in [9.17, 15) is 13.2 Å². The first-order chi connectivity index (χ1) is 10.8. The second-order valence-corrected chi connectivity index (χ2v) is 9.21. The molecule has 2 aliphatic carbocycles. The van der Waals surface area contributed by atoms with Gasteiger partial charge in [-0.25, -0.2) is 13.2 Å². The Morgan fingerprint density at radius 1 is 1.39 bits per heavy atom. The number of benzene rings is 1. The molecule has 1 saturated carbocycles. The lowest BCUT2D eigenvalue weighted by Crippen LogP contribution is -2.40. The van der Waals surface area contributed by atoms with Crippen LogP contribution in [0.5, 0.6) is 0 Å². The van der Waals surface area contributed by atoms with Gasteiger partial charge in [0.15, 0.2) is 0 Å². The van der Waals surface area contributed by atoms with Gasteiger partial charge in [0, 0.05) is 31.8 Å². The summed E-state index contributed by atoms with van der Waals surface area (Å²) in [5, 5.41) is 2.95. The van der Waals surface area contributed by atoms with Gasteiger partial charge in [-0.15, -0.1) is 0 Å². The van der Waals surface area contributed by atoms with Crippen LogP contribution in [0.1, 0.15) is 24.0 Å². The predicted molar refractivity (Wildman–Crippen MR) is 90.3 cm³/mol. The van der Waals surface area contributed by atoms with Crippen molar-refractivity contribution in [2.45, 2.75) is 24.7 Å². The van der Waals surface area contributed by atoms with Crippen molar-refractivity contribution in [3.05, 3.63) is 35.4 Å². The van der Waals surface area contributed by atoms with E-state index in [0.717, 1.165) is 12.8 Å². The van der Waals surface area contributed by atoms with E-state index in [-0.39, 0.29) is 23.7 Å². The molecule has 3 rings (SSSR count). The summed E-state index contributed by atoms with van der Waals surface area (Å²) in [5.74, 6) is 0.496. The van der Waals surface area contributed by atoms with Gasteiger partial charge >= 0.3 is 6.03 Å². The minimum atomic E-state index is -3.04. The molecule has 1 N–H and O–H groups in total. The van der Waals surface area contributed by atoms with E-state index in [1.807, 2.05) is 0 Å². The molecule has 1 aromatic carbocycles. The van der Waals surface area contributed by atoms with E-state index < -0.39 is 9.84 Å². The number of carbonyl (C=O) groups is 1. The molecule has 2 amide bonds. The summed E-state index contributed by atoms with van der Waals surface area (Å²) in [6.07, 6.45) is 4.63. The van der Waals surface area contributed by atoms with Gasteiger partial charge in [0.25, 0.3) is 0 Å². The lowest BCUT2D eigenvalue weighted by Gasteiger charge is -2.18. The van der Waals surface area contributed by atoms with Gasteiger partial charge in [0.2, 0.25) is 0 Å². The number of sulfone groups is 1. The van der Waals surface area contributed by atoms with Crippen molar-refractivity contribution in [1.29, 1.82) is 0 Å². The van der Waals surface area contributed by atoms with Crippen molar-refractivity contribution >= 4 is 15.9 Å². The average Bonchev–Trinajstić information content (AvgIpc) is 3.09. The van der Waals surface area contributed by atoms with Crippen molar-refractivity contribution < 1.29 is 13.2 Å². The van der Waals surface area contributed by atoms with Gasteiger partial charge < -0.3 is 10.2 Å². The molecule has 2 unspecified atom stereocenters. The summed E-state index contributed by atoms with van der Waals surface area (Å²) in [7, 11) is -1.41. The third kappa shape index (κ3) is 3.37. The van der Waals surface area contributed by atoms with Gasteiger partial charge in [-0.2, -0.15) is 0 Å². The molecule has 0 bridgehead atoms. The number of hydrogen-bond donors (Lipinski definition) is 1. The Morgan fingerprint density at radius 3 is 2.87 bits per heavy atom. The van der Waals surface area contributed by atoms with Gasteiger partial charge in [-0.1, -0.05) is 24.3 Å². The van der Waals surface area contributed by atoms with E-state index in [1.165, 1.54) is 28.7 Å². The van der Waals surface area contributed by atoms with Gasteiger partial charge in [-0.05, 0) is 36.3 Å². The highest BCUT2D eigenvalue weighted by Crippen LogP contribution is 2.61. The Bertz CT molecular complexity index is 716. The molecule has 2 aliphatic rings. The largest absolute Gasteiger partial charge is 0.338 e. The molecule has 23 heavy (non-hydrogen) atoms. The maximum absolute atomic E-state index is 12.1. The molecular formula is C17H24N2O3S. The van der Waals surface area contributed by atoms with Crippen LogP contribution in [0.2, 0.25) is 0 Å². The summed E-state index contributed by atoms with van der Waals surface area (Å²) in [4.78, 5) is 13.5. The highest BCUT2D eigenvalue weighted by atomic mass is 32.2. The lowest BCUT2D eigenvalue weighted by molar-refractivity contribution is 0.210. The Morgan fingerprint density at radius 2 is 2.13 bits per heavy atom. The molecule has 0 radical (unpaired) electrons. The van der Waals surface area contributed by atoms with E-state index in [2.05, 4.69) is 29.6 Å². The number of carbonyl (C=O) groups excluding carboxylic acids is 1. The van der Waals surface area contributed by atoms with Crippen LogP contribution in [0.3, 0.4) is 0 Å². The van der Waals surface area contributed by atoms with E-state index in [0.29, 0.717) is 12.5 Å². The number of nitrogens with one attached hydrogen (secondary N) is 1. The monoisotopic (exact) mass is 336 g/mol. The summed E-state index contributed by atoms with van der Waals surface area (Å²) in [6.45, 7) is 0.889. The molecular weight excluding hydrogens is 312 g/mol. The lowest BCUT2D eigenvalue weighted by atomic mass is 9.95. The summed E-state index contributed by atoms with van der Waals surface area (Å²) in [5.41, 5.74) is 3.19. The highest BCUT2D eigenvalue weighted by Gasteiger charge is 2.57. The number of hydrogen-bond acceptors (Lipinski definition) is 3. The predicted octanol–water partition coefficient (Wildman–Crippen LogP) is 1.58. The minimum absolute atomic E-state index is 0.00232. The summed E-state index contributed by atoms with van der Waals surface area (Å²) in [6, 6.07) is 8.42. The first kappa shape index (κ1) is 16.3. The molecule has 0 heterocycles. The number of rotatable bonds is 5. The van der Waals surface area contributed by atoms with Crippen molar-refractivity contribution in [2.24, 2.45) is 5.92 Å². The number of nitrogens with zero attached hydrogens (tertiary/aromatic N) is 1. The third-order valence-electron chi connectivity index (χ3n) is 5.27. The van der Waals surface area contributed by atoms with Crippen molar-refractivity contribution in [3.8, 4) is 0 Å². The van der Waals surface area contributed by atoms with Crippen LogP contribution in [0.4, 0.5) is 4.79 Å². The Hall–Kier alpha value is -1.56. The number of fused-ring (bicyclic) bond motifs is 2. The maximum atomic E-state index is 12.1. The van der Waals surface area contributed by atoms with Crippen LogP contribution < -0.4 is 5.32 Å². The Kier molecular flexibility index (Phi) is 4.12. The first-order valence-corrected chi connectivity index (χ1v) is 10.1. The van der Waals surface area contributed by atoms with Gasteiger partial charge in [0.05, 0.1) is 5.75 Å². The zero-order valence-corrected chi connectivity index (χ0v) is 14.5. The zero-order chi connectivity index (χ0) is 16.7. The quantitative estimate of drug-likeness (QED) is 0.888. The van der Waals surface area contributed by atoms with Crippen LogP contribution in [0, 0.1) is 5.92 Å². The molecule has 0 aromatic heterocycles. The second-order valence-electron chi connectivity index (χ2n) is 6.95. The second kappa shape index (κ2) is 5.82. The number of amides is 2. The van der Waals surface area contributed by atoms with Crippen LogP contribution >= 0.6 is 0 Å².